The lowest BCUT2D eigenvalue weighted by molar-refractivity contribution is -0.156. The third kappa shape index (κ3) is 2.55. The standard InChI is InChI=1S/C17H22N2O2/c1-13-15(20)18-17(10-6-3-7-11-17)16(21)19(13)12-14-8-4-2-5-9-14/h2,4-5,8-9,13H,3,6-7,10-12H2,1H3,(H,18,20). The second-order valence-corrected chi connectivity index (χ2v) is 6.23. The lowest BCUT2D eigenvalue weighted by atomic mass is 9.78. The summed E-state index contributed by atoms with van der Waals surface area (Å²) in [5.41, 5.74) is 0.426. The van der Waals surface area contributed by atoms with E-state index in [4.69, 9.17) is 0 Å². The monoisotopic (exact) mass is 286 g/mol. The molecule has 0 aromatic heterocycles. The van der Waals surface area contributed by atoms with Crippen LogP contribution in [0.4, 0.5) is 0 Å². The molecule has 1 spiro atoms. The van der Waals surface area contributed by atoms with Crippen LogP contribution >= 0.6 is 0 Å². The van der Waals surface area contributed by atoms with Crippen molar-refractivity contribution in [2.24, 2.45) is 0 Å². The number of amides is 2. The summed E-state index contributed by atoms with van der Waals surface area (Å²) in [6.07, 6.45) is 4.73. The Bertz CT molecular complexity index is 535. The van der Waals surface area contributed by atoms with Gasteiger partial charge in [0.2, 0.25) is 11.8 Å². The molecule has 2 fully saturated rings. The number of nitrogens with one attached hydrogen (secondary N) is 1. The van der Waals surface area contributed by atoms with E-state index in [2.05, 4.69) is 5.32 Å². The number of hydrogen-bond acceptors (Lipinski definition) is 2. The molecule has 1 atom stereocenters. The SMILES string of the molecule is CC1C(=O)NC2(CCCCC2)C(=O)N1Cc1ccccc1. The van der Waals surface area contributed by atoms with Crippen LogP contribution in [0.3, 0.4) is 0 Å². The molecule has 2 amide bonds. The second kappa shape index (κ2) is 5.51. The predicted molar refractivity (Wildman–Crippen MR) is 80.4 cm³/mol. The molecule has 1 unspecified atom stereocenters. The fraction of sp³-hybridized carbons (Fsp3) is 0.529. The Morgan fingerprint density at radius 1 is 1.14 bits per heavy atom. The van der Waals surface area contributed by atoms with Gasteiger partial charge >= 0.3 is 0 Å². The van der Waals surface area contributed by atoms with Crippen molar-refractivity contribution in [3.8, 4) is 0 Å². The maximum Gasteiger partial charge on any atom is 0.249 e. The van der Waals surface area contributed by atoms with Gasteiger partial charge in [0.15, 0.2) is 0 Å². The van der Waals surface area contributed by atoms with E-state index in [1.54, 1.807) is 4.90 Å². The zero-order valence-electron chi connectivity index (χ0n) is 12.5. The van der Waals surface area contributed by atoms with Crippen LogP contribution in [0.15, 0.2) is 30.3 Å². The summed E-state index contributed by atoms with van der Waals surface area (Å²) in [4.78, 5) is 27.0. The summed E-state index contributed by atoms with van der Waals surface area (Å²) in [6.45, 7) is 2.32. The van der Waals surface area contributed by atoms with Gasteiger partial charge in [-0.25, -0.2) is 0 Å². The summed E-state index contributed by atoms with van der Waals surface area (Å²) < 4.78 is 0. The van der Waals surface area contributed by atoms with Gasteiger partial charge in [-0.1, -0.05) is 49.6 Å². The molecule has 1 aromatic rings. The number of piperazine rings is 1. The van der Waals surface area contributed by atoms with Crippen LogP contribution in [-0.2, 0) is 16.1 Å². The number of nitrogens with zero attached hydrogens (tertiary/aromatic N) is 1. The van der Waals surface area contributed by atoms with Crippen LogP contribution in [-0.4, -0.2) is 28.3 Å². The van der Waals surface area contributed by atoms with Gasteiger partial charge in [-0.05, 0) is 25.3 Å². The fourth-order valence-electron chi connectivity index (χ4n) is 3.47. The van der Waals surface area contributed by atoms with E-state index in [9.17, 15) is 9.59 Å². The number of rotatable bonds is 2. The van der Waals surface area contributed by atoms with Gasteiger partial charge in [0.25, 0.3) is 0 Å². The Hall–Kier alpha value is -1.84. The molecule has 0 radical (unpaired) electrons. The highest BCUT2D eigenvalue weighted by Gasteiger charge is 2.49. The Labute approximate surface area is 125 Å². The van der Waals surface area contributed by atoms with Gasteiger partial charge < -0.3 is 10.2 Å². The van der Waals surface area contributed by atoms with Gasteiger partial charge in [0.1, 0.15) is 11.6 Å². The Balaban J connectivity index is 1.86. The molecule has 1 aliphatic heterocycles. The van der Waals surface area contributed by atoms with E-state index in [1.807, 2.05) is 37.3 Å². The number of carbonyl (C=O) groups is 2. The largest absolute Gasteiger partial charge is 0.340 e. The Kier molecular flexibility index (Phi) is 3.70. The summed E-state index contributed by atoms with van der Waals surface area (Å²) in [5, 5.41) is 3.02. The number of benzene rings is 1. The molecule has 1 aromatic carbocycles. The Morgan fingerprint density at radius 3 is 2.48 bits per heavy atom. The molecule has 1 aliphatic carbocycles. The summed E-state index contributed by atoms with van der Waals surface area (Å²) >= 11 is 0. The Morgan fingerprint density at radius 2 is 1.81 bits per heavy atom. The molecule has 112 valence electrons. The van der Waals surface area contributed by atoms with Crippen molar-refractivity contribution in [1.29, 1.82) is 0 Å². The molecule has 21 heavy (non-hydrogen) atoms. The van der Waals surface area contributed by atoms with Crippen molar-refractivity contribution in [3.05, 3.63) is 35.9 Å². The third-order valence-corrected chi connectivity index (χ3v) is 4.78. The molecular formula is C17H22N2O2. The molecule has 1 saturated carbocycles. The first kappa shape index (κ1) is 14.1. The topological polar surface area (TPSA) is 49.4 Å². The zero-order chi connectivity index (χ0) is 14.9. The minimum absolute atomic E-state index is 0.0209. The first-order valence-corrected chi connectivity index (χ1v) is 7.79. The average Bonchev–Trinajstić information content (AvgIpc) is 2.52. The maximum atomic E-state index is 13.0. The van der Waals surface area contributed by atoms with E-state index >= 15 is 0 Å². The second-order valence-electron chi connectivity index (χ2n) is 6.23. The van der Waals surface area contributed by atoms with Gasteiger partial charge in [0, 0.05) is 6.54 Å². The van der Waals surface area contributed by atoms with Gasteiger partial charge in [-0.2, -0.15) is 0 Å². The minimum Gasteiger partial charge on any atom is -0.340 e. The van der Waals surface area contributed by atoms with E-state index in [0.717, 1.165) is 37.7 Å². The predicted octanol–water partition coefficient (Wildman–Crippen LogP) is 2.24. The van der Waals surface area contributed by atoms with Crippen molar-refractivity contribution in [3.63, 3.8) is 0 Å². The number of hydrogen-bond donors (Lipinski definition) is 1. The summed E-state index contributed by atoms with van der Waals surface area (Å²) in [6, 6.07) is 9.49. The molecule has 4 nitrogen and oxygen atoms in total. The molecule has 4 heteroatoms. The molecule has 3 rings (SSSR count). The summed E-state index contributed by atoms with van der Waals surface area (Å²) in [5.74, 6) is 0.0746. The molecule has 0 bridgehead atoms. The average molecular weight is 286 g/mol. The molecule has 1 N–H and O–H groups in total. The van der Waals surface area contributed by atoms with Crippen molar-refractivity contribution in [2.75, 3.05) is 0 Å². The normalized spacial score (nSPS) is 25.0. The van der Waals surface area contributed by atoms with Crippen LogP contribution in [0.2, 0.25) is 0 Å². The van der Waals surface area contributed by atoms with Gasteiger partial charge in [0.05, 0.1) is 0 Å². The van der Waals surface area contributed by atoms with Crippen LogP contribution in [0, 0.1) is 0 Å². The van der Waals surface area contributed by atoms with E-state index < -0.39 is 11.6 Å². The zero-order valence-corrected chi connectivity index (χ0v) is 12.5. The lowest BCUT2D eigenvalue weighted by Gasteiger charge is -2.46. The van der Waals surface area contributed by atoms with Crippen molar-refractivity contribution < 1.29 is 9.59 Å². The lowest BCUT2D eigenvalue weighted by Crippen LogP contribution is -2.69. The van der Waals surface area contributed by atoms with Crippen LogP contribution in [0.25, 0.3) is 0 Å². The first-order chi connectivity index (χ1) is 10.1. The highest BCUT2D eigenvalue weighted by atomic mass is 16.2. The number of carbonyl (C=O) groups excluding carboxylic acids is 2. The summed E-state index contributed by atoms with van der Waals surface area (Å²) in [7, 11) is 0. The highest BCUT2D eigenvalue weighted by molar-refractivity contribution is 5.99. The van der Waals surface area contributed by atoms with Crippen molar-refractivity contribution in [1.82, 2.24) is 10.2 Å². The molecular weight excluding hydrogens is 264 g/mol. The van der Waals surface area contributed by atoms with Crippen LogP contribution in [0.1, 0.15) is 44.6 Å². The van der Waals surface area contributed by atoms with E-state index in [0.29, 0.717) is 6.54 Å². The smallest absolute Gasteiger partial charge is 0.249 e. The van der Waals surface area contributed by atoms with Crippen molar-refractivity contribution >= 4 is 11.8 Å². The van der Waals surface area contributed by atoms with E-state index in [1.165, 1.54) is 0 Å². The van der Waals surface area contributed by atoms with E-state index in [-0.39, 0.29) is 11.8 Å². The molecule has 1 heterocycles. The van der Waals surface area contributed by atoms with Crippen LogP contribution < -0.4 is 5.32 Å². The van der Waals surface area contributed by atoms with Crippen molar-refractivity contribution in [2.45, 2.75) is 57.2 Å². The third-order valence-electron chi connectivity index (χ3n) is 4.78. The molecule has 1 saturated heterocycles. The molecule has 2 aliphatic rings. The van der Waals surface area contributed by atoms with Gasteiger partial charge in [-0.15, -0.1) is 0 Å². The van der Waals surface area contributed by atoms with Crippen LogP contribution in [0.5, 0.6) is 0 Å². The minimum atomic E-state index is -0.642. The van der Waals surface area contributed by atoms with Gasteiger partial charge in [-0.3, -0.25) is 9.59 Å². The maximum absolute atomic E-state index is 13.0. The quantitative estimate of drug-likeness (QED) is 0.906. The first-order valence-electron chi connectivity index (χ1n) is 7.79. The fourth-order valence-corrected chi connectivity index (χ4v) is 3.47. The highest BCUT2D eigenvalue weighted by Crippen LogP contribution is 2.33.